The second-order valence-corrected chi connectivity index (χ2v) is 5.84. The zero-order valence-electron chi connectivity index (χ0n) is 13.3. The topological polar surface area (TPSA) is 87.7 Å². The zero-order valence-corrected chi connectivity index (χ0v) is 13.3. The van der Waals surface area contributed by atoms with Gasteiger partial charge in [0.15, 0.2) is 0 Å². The maximum Gasteiger partial charge on any atom is 0.313 e. The van der Waals surface area contributed by atoms with Crippen molar-refractivity contribution < 1.29 is 19.4 Å². The van der Waals surface area contributed by atoms with Gasteiger partial charge in [-0.2, -0.15) is 0 Å². The van der Waals surface area contributed by atoms with Gasteiger partial charge in [-0.15, -0.1) is 0 Å². The molecule has 0 radical (unpaired) electrons. The molecule has 1 aromatic rings. The third kappa shape index (κ3) is 5.83. The van der Waals surface area contributed by atoms with Crippen molar-refractivity contribution in [3.05, 3.63) is 29.8 Å². The second kappa shape index (κ2) is 8.51. The van der Waals surface area contributed by atoms with Crippen LogP contribution in [0.1, 0.15) is 26.3 Å². The van der Waals surface area contributed by atoms with E-state index in [2.05, 4.69) is 10.6 Å². The van der Waals surface area contributed by atoms with Gasteiger partial charge in [0.1, 0.15) is 0 Å². The van der Waals surface area contributed by atoms with Crippen LogP contribution in [-0.4, -0.2) is 43.3 Å². The first kappa shape index (κ1) is 18.1. The molecule has 0 atom stereocenters. The lowest BCUT2D eigenvalue weighted by Gasteiger charge is -2.22. The van der Waals surface area contributed by atoms with E-state index in [1.807, 2.05) is 39.0 Å². The van der Waals surface area contributed by atoms with Gasteiger partial charge in [0.2, 0.25) is 0 Å². The molecule has 0 aromatic heterocycles. The molecule has 6 heteroatoms. The number of hydrogen-bond donors (Lipinski definition) is 3. The van der Waals surface area contributed by atoms with E-state index < -0.39 is 11.8 Å². The lowest BCUT2D eigenvalue weighted by atomic mass is 9.86. The lowest BCUT2D eigenvalue weighted by molar-refractivity contribution is -0.136. The smallest absolute Gasteiger partial charge is 0.313 e. The molecule has 1 aromatic carbocycles. The van der Waals surface area contributed by atoms with Gasteiger partial charge in [-0.3, -0.25) is 9.59 Å². The number of para-hydroxylation sites is 1. The number of benzene rings is 1. The van der Waals surface area contributed by atoms with E-state index in [1.165, 1.54) is 0 Å². The largest absolute Gasteiger partial charge is 0.394 e. The van der Waals surface area contributed by atoms with E-state index in [0.717, 1.165) is 5.56 Å². The maximum absolute atomic E-state index is 11.9. The average Bonchev–Trinajstić information content (AvgIpc) is 2.46. The number of carbonyl (C=O) groups is 2. The second-order valence-electron chi connectivity index (χ2n) is 5.84. The van der Waals surface area contributed by atoms with Crippen LogP contribution >= 0.6 is 0 Å². The number of rotatable bonds is 6. The van der Waals surface area contributed by atoms with Gasteiger partial charge >= 0.3 is 11.8 Å². The fourth-order valence-electron chi connectivity index (χ4n) is 1.91. The van der Waals surface area contributed by atoms with Gasteiger partial charge in [0, 0.05) is 12.2 Å². The minimum atomic E-state index is -0.712. The van der Waals surface area contributed by atoms with E-state index in [-0.39, 0.29) is 31.8 Å². The van der Waals surface area contributed by atoms with Crippen LogP contribution in [0.25, 0.3) is 0 Å². The molecule has 0 saturated heterocycles. The Balaban J connectivity index is 2.56. The number of amides is 2. The summed E-state index contributed by atoms with van der Waals surface area (Å²) in [4.78, 5) is 23.6. The highest BCUT2D eigenvalue weighted by molar-refractivity contribution is 6.39. The van der Waals surface area contributed by atoms with E-state index in [0.29, 0.717) is 5.69 Å². The highest BCUT2D eigenvalue weighted by atomic mass is 16.5. The van der Waals surface area contributed by atoms with Crippen molar-refractivity contribution in [1.29, 1.82) is 0 Å². The summed E-state index contributed by atoms with van der Waals surface area (Å²) < 4.78 is 5.00. The van der Waals surface area contributed by atoms with Gasteiger partial charge in [-0.1, -0.05) is 39.0 Å². The van der Waals surface area contributed by atoms with Crippen LogP contribution in [0.5, 0.6) is 0 Å². The molecule has 0 aliphatic heterocycles. The van der Waals surface area contributed by atoms with Crippen molar-refractivity contribution in [2.75, 3.05) is 31.7 Å². The van der Waals surface area contributed by atoms with Crippen LogP contribution in [0.4, 0.5) is 5.69 Å². The lowest BCUT2D eigenvalue weighted by Crippen LogP contribution is -2.37. The summed E-state index contributed by atoms with van der Waals surface area (Å²) in [5.74, 6) is -1.42. The van der Waals surface area contributed by atoms with Gasteiger partial charge < -0.3 is 20.5 Å². The summed E-state index contributed by atoms with van der Waals surface area (Å²) in [7, 11) is 0. The van der Waals surface area contributed by atoms with E-state index in [1.54, 1.807) is 6.07 Å². The van der Waals surface area contributed by atoms with E-state index in [4.69, 9.17) is 9.84 Å². The molecule has 0 spiro atoms. The number of anilines is 1. The van der Waals surface area contributed by atoms with Crippen molar-refractivity contribution in [2.45, 2.75) is 26.2 Å². The third-order valence-corrected chi connectivity index (χ3v) is 2.96. The first-order chi connectivity index (χ1) is 10.4. The Labute approximate surface area is 130 Å². The summed E-state index contributed by atoms with van der Waals surface area (Å²) in [6.45, 7) is 6.72. The fraction of sp³-hybridized carbons (Fsp3) is 0.500. The molecule has 3 N–H and O–H groups in total. The van der Waals surface area contributed by atoms with Gasteiger partial charge in [0.25, 0.3) is 0 Å². The SMILES string of the molecule is CC(C)(C)c1ccccc1NC(=O)C(=O)NCCOCCO. The zero-order chi connectivity index (χ0) is 16.6. The van der Waals surface area contributed by atoms with Crippen LogP contribution in [0, 0.1) is 0 Å². The first-order valence-electron chi connectivity index (χ1n) is 7.23. The van der Waals surface area contributed by atoms with Gasteiger partial charge in [0.05, 0.1) is 19.8 Å². The van der Waals surface area contributed by atoms with Crippen molar-refractivity contribution in [2.24, 2.45) is 0 Å². The Morgan fingerprint density at radius 1 is 1.14 bits per heavy atom. The molecule has 122 valence electrons. The quantitative estimate of drug-likeness (QED) is 0.541. The van der Waals surface area contributed by atoms with Crippen molar-refractivity contribution in [3.63, 3.8) is 0 Å². The van der Waals surface area contributed by atoms with Crippen LogP contribution in [-0.2, 0) is 19.7 Å². The Hall–Kier alpha value is -1.92. The normalized spacial score (nSPS) is 11.1. The Morgan fingerprint density at radius 2 is 1.82 bits per heavy atom. The molecule has 22 heavy (non-hydrogen) atoms. The number of ether oxygens (including phenoxy) is 1. The summed E-state index contributed by atoms with van der Waals surface area (Å²) in [6.07, 6.45) is 0. The number of hydrogen-bond acceptors (Lipinski definition) is 4. The predicted octanol–water partition coefficient (Wildman–Crippen LogP) is 1.05. The minimum Gasteiger partial charge on any atom is -0.394 e. The van der Waals surface area contributed by atoms with Crippen molar-refractivity contribution in [3.8, 4) is 0 Å². The standard InChI is InChI=1S/C16H24N2O4/c1-16(2,3)12-6-4-5-7-13(12)18-15(21)14(20)17-8-10-22-11-9-19/h4-7,19H,8-11H2,1-3H3,(H,17,20)(H,18,21). The first-order valence-corrected chi connectivity index (χ1v) is 7.23. The van der Waals surface area contributed by atoms with E-state index in [9.17, 15) is 9.59 Å². The number of aliphatic hydroxyl groups excluding tert-OH is 1. The predicted molar refractivity (Wildman–Crippen MR) is 84.7 cm³/mol. The molecule has 1 rings (SSSR count). The molecule has 0 saturated carbocycles. The molecule has 0 aliphatic carbocycles. The van der Waals surface area contributed by atoms with Crippen LogP contribution in [0.15, 0.2) is 24.3 Å². The molecule has 0 unspecified atom stereocenters. The van der Waals surface area contributed by atoms with Crippen LogP contribution in [0.2, 0.25) is 0 Å². The number of aliphatic hydroxyl groups is 1. The summed E-state index contributed by atoms with van der Waals surface area (Å²) in [5.41, 5.74) is 1.45. The molecular weight excluding hydrogens is 284 g/mol. The highest BCUT2D eigenvalue weighted by Crippen LogP contribution is 2.29. The monoisotopic (exact) mass is 308 g/mol. The van der Waals surface area contributed by atoms with Crippen LogP contribution in [0.3, 0.4) is 0 Å². The Kier molecular flexibility index (Phi) is 7.01. The van der Waals surface area contributed by atoms with Gasteiger partial charge in [-0.25, -0.2) is 0 Å². The Bertz CT molecular complexity index is 509. The molecule has 0 fully saturated rings. The molecule has 0 bridgehead atoms. The van der Waals surface area contributed by atoms with Crippen molar-refractivity contribution in [1.82, 2.24) is 5.32 Å². The fourth-order valence-corrected chi connectivity index (χ4v) is 1.91. The molecule has 6 nitrogen and oxygen atoms in total. The van der Waals surface area contributed by atoms with E-state index >= 15 is 0 Å². The molecule has 0 aliphatic rings. The summed E-state index contributed by atoms with van der Waals surface area (Å²) in [6, 6.07) is 7.41. The average molecular weight is 308 g/mol. The molecule has 0 heterocycles. The van der Waals surface area contributed by atoms with Gasteiger partial charge in [-0.05, 0) is 17.0 Å². The number of nitrogens with one attached hydrogen (secondary N) is 2. The Morgan fingerprint density at radius 3 is 2.45 bits per heavy atom. The molecular formula is C16H24N2O4. The summed E-state index contributed by atoms with van der Waals surface area (Å²) >= 11 is 0. The molecule has 2 amide bonds. The van der Waals surface area contributed by atoms with Crippen molar-refractivity contribution >= 4 is 17.5 Å². The number of carbonyl (C=O) groups excluding carboxylic acids is 2. The van der Waals surface area contributed by atoms with Crippen LogP contribution < -0.4 is 10.6 Å². The minimum absolute atomic E-state index is 0.0714. The summed E-state index contributed by atoms with van der Waals surface area (Å²) in [5, 5.41) is 13.6. The highest BCUT2D eigenvalue weighted by Gasteiger charge is 2.20. The third-order valence-electron chi connectivity index (χ3n) is 2.96. The maximum atomic E-state index is 11.9.